The van der Waals surface area contributed by atoms with Crippen molar-refractivity contribution >= 4 is 11.6 Å². The van der Waals surface area contributed by atoms with E-state index in [0.29, 0.717) is 6.54 Å². The highest BCUT2D eigenvalue weighted by Gasteiger charge is 2.00. The molecule has 0 unspecified atom stereocenters. The summed E-state index contributed by atoms with van der Waals surface area (Å²) in [6, 6.07) is 10.1. The molecule has 0 aliphatic rings. The van der Waals surface area contributed by atoms with Gasteiger partial charge in [0.05, 0.1) is 18.4 Å². The maximum Gasteiger partial charge on any atom is 0.221 e. The Hall–Kier alpha value is -2.10. The molecule has 0 bridgehead atoms. The molecule has 1 heterocycles. The molecule has 0 atom stereocenters. The lowest BCUT2D eigenvalue weighted by Gasteiger charge is -2.00. The largest absolute Gasteiger partial charge is 0.324 e. The Morgan fingerprint density at radius 1 is 1.38 bits per heavy atom. The summed E-state index contributed by atoms with van der Waals surface area (Å²) in [5.41, 5.74) is 1.91. The van der Waals surface area contributed by atoms with Crippen molar-refractivity contribution in [2.75, 3.05) is 5.32 Å². The number of benzene rings is 1. The monoisotopic (exact) mass is 215 g/mol. The summed E-state index contributed by atoms with van der Waals surface area (Å²) in [5, 5.41) is 6.86. The topological polar surface area (TPSA) is 46.9 Å². The molecule has 0 spiro atoms. The number of hydrogen-bond donors (Lipinski definition) is 1. The zero-order valence-electron chi connectivity index (χ0n) is 9.05. The Balaban J connectivity index is 2.06. The zero-order chi connectivity index (χ0) is 11.4. The molecule has 1 aromatic heterocycles. The highest BCUT2D eigenvalue weighted by molar-refractivity contribution is 5.88. The first-order valence-electron chi connectivity index (χ1n) is 5.08. The number of carbonyl (C=O) groups excluding carboxylic acids is 1. The highest BCUT2D eigenvalue weighted by Crippen LogP contribution is 2.07. The molecule has 0 aliphatic carbocycles. The first-order chi connectivity index (χ1) is 7.74. The third-order valence-corrected chi connectivity index (χ3v) is 2.14. The van der Waals surface area contributed by atoms with Crippen LogP contribution in [-0.4, -0.2) is 15.7 Å². The molecule has 2 aromatic rings. The van der Waals surface area contributed by atoms with Crippen molar-refractivity contribution in [3.63, 3.8) is 0 Å². The van der Waals surface area contributed by atoms with E-state index in [0.717, 1.165) is 5.69 Å². The Morgan fingerprint density at radius 2 is 2.12 bits per heavy atom. The van der Waals surface area contributed by atoms with Gasteiger partial charge in [0.15, 0.2) is 0 Å². The summed E-state index contributed by atoms with van der Waals surface area (Å²) in [7, 11) is 0. The van der Waals surface area contributed by atoms with Gasteiger partial charge in [0.1, 0.15) is 0 Å². The Kier molecular flexibility index (Phi) is 3.00. The lowest BCUT2D eigenvalue weighted by atomic mass is 10.2. The molecule has 1 amide bonds. The number of nitrogens with zero attached hydrogens (tertiary/aromatic N) is 2. The molecule has 4 nitrogen and oxygen atoms in total. The van der Waals surface area contributed by atoms with Crippen LogP contribution in [0, 0.1) is 0 Å². The molecule has 4 heteroatoms. The fraction of sp³-hybridized carbons (Fsp3) is 0.167. The van der Waals surface area contributed by atoms with E-state index in [2.05, 4.69) is 10.4 Å². The molecule has 1 N–H and O–H groups in total. The number of carbonyl (C=O) groups is 1. The highest BCUT2D eigenvalue weighted by atomic mass is 16.1. The van der Waals surface area contributed by atoms with Gasteiger partial charge >= 0.3 is 0 Å². The lowest BCUT2D eigenvalue weighted by Crippen LogP contribution is -2.04. The van der Waals surface area contributed by atoms with Gasteiger partial charge in [0.2, 0.25) is 5.91 Å². The molecule has 2 rings (SSSR count). The van der Waals surface area contributed by atoms with Gasteiger partial charge in [-0.2, -0.15) is 5.10 Å². The van der Waals surface area contributed by atoms with E-state index in [4.69, 9.17) is 0 Å². The molecular weight excluding hydrogens is 202 g/mol. The van der Waals surface area contributed by atoms with Crippen LogP contribution in [0.1, 0.15) is 12.5 Å². The predicted octanol–water partition coefficient (Wildman–Crippen LogP) is 1.89. The smallest absolute Gasteiger partial charge is 0.221 e. The van der Waals surface area contributed by atoms with Crippen LogP contribution in [0.2, 0.25) is 0 Å². The summed E-state index contributed by atoms with van der Waals surface area (Å²) < 4.78 is 1.79. The summed E-state index contributed by atoms with van der Waals surface area (Å²) in [6.45, 7) is 2.19. The predicted molar refractivity (Wildman–Crippen MR) is 62.1 cm³/mol. The maximum absolute atomic E-state index is 10.8. The Bertz CT molecular complexity index is 476. The average molecular weight is 215 g/mol. The van der Waals surface area contributed by atoms with E-state index >= 15 is 0 Å². The van der Waals surface area contributed by atoms with Crippen molar-refractivity contribution in [3.8, 4) is 0 Å². The molecule has 0 radical (unpaired) electrons. The summed E-state index contributed by atoms with van der Waals surface area (Å²) in [5.74, 6) is -0.0840. The van der Waals surface area contributed by atoms with Crippen LogP contribution in [0.4, 0.5) is 5.69 Å². The van der Waals surface area contributed by atoms with Crippen LogP contribution in [-0.2, 0) is 11.3 Å². The molecule has 0 saturated heterocycles. The van der Waals surface area contributed by atoms with Crippen LogP contribution in [0.3, 0.4) is 0 Å². The molecule has 0 fully saturated rings. The van der Waals surface area contributed by atoms with Gasteiger partial charge < -0.3 is 5.32 Å². The molecule has 16 heavy (non-hydrogen) atoms. The first kappa shape index (κ1) is 10.4. The second kappa shape index (κ2) is 4.61. The van der Waals surface area contributed by atoms with Gasteiger partial charge in [0.25, 0.3) is 0 Å². The maximum atomic E-state index is 10.8. The second-order valence-electron chi connectivity index (χ2n) is 3.59. The van der Waals surface area contributed by atoms with E-state index in [1.54, 1.807) is 10.9 Å². The third kappa shape index (κ3) is 2.70. The van der Waals surface area contributed by atoms with Gasteiger partial charge in [-0.3, -0.25) is 9.48 Å². The third-order valence-electron chi connectivity index (χ3n) is 2.14. The molecule has 1 aromatic carbocycles. The van der Waals surface area contributed by atoms with Crippen molar-refractivity contribution in [2.45, 2.75) is 13.5 Å². The minimum absolute atomic E-state index is 0.0840. The van der Waals surface area contributed by atoms with Gasteiger partial charge in [-0.05, 0) is 5.56 Å². The standard InChI is InChI=1S/C12H13N3O/c1-10(16)14-12-7-13-15(9-12)8-11-5-3-2-4-6-11/h2-7,9H,8H2,1H3,(H,14,16). The lowest BCUT2D eigenvalue weighted by molar-refractivity contribution is -0.114. The van der Waals surface area contributed by atoms with E-state index in [1.807, 2.05) is 36.5 Å². The summed E-state index contributed by atoms with van der Waals surface area (Å²) in [4.78, 5) is 10.8. The number of nitrogens with one attached hydrogen (secondary N) is 1. The van der Waals surface area contributed by atoms with E-state index < -0.39 is 0 Å². The molecule has 82 valence electrons. The van der Waals surface area contributed by atoms with E-state index in [9.17, 15) is 4.79 Å². The Morgan fingerprint density at radius 3 is 2.81 bits per heavy atom. The van der Waals surface area contributed by atoms with Crippen LogP contribution in [0.25, 0.3) is 0 Å². The quantitative estimate of drug-likeness (QED) is 0.849. The van der Waals surface area contributed by atoms with Crippen LogP contribution < -0.4 is 5.32 Å². The van der Waals surface area contributed by atoms with Crippen molar-refractivity contribution in [1.82, 2.24) is 9.78 Å². The summed E-state index contributed by atoms with van der Waals surface area (Å²) >= 11 is 0. The number of anilines is 1. The van der Waals surface area contributed by atoms with Crippen molar-refractivity contribution in [2.24, 2.45) is 0 Å². The number of amides is 1. The Labute approximate surface area is 93.9 Å². The SMILES string of the molecule is CC(=O)Nc1cnn(Cc2ccccc2)c1. The minimum Gasteiger partial charge on any atom is -0.324 e. The van der Waals surface area contributed by atoms with Crippen molar-refractivity contribution < 1.29 is 4.79 Å². The van der Waals surface area contributed by atoms with Crippen LogP contribution >= 0.6 is 0 Å². The molecule has 0 saturated carbocycles. The molecule has 0 aliphatic heterocycles. The normalized spacial score (nSPS) is 10.1. The van der Waals surface area contributed by atoms with Crippen molar-refractivity contribution in [3.05, 3.63) is 48.3 Å². The van der Waals surface area contributed by atoms with Gasteiger partial charge in [-0.25, -0.2) is 0 Å². The van der Waals surface area contributed by atoms with E-state index in [-0.39, 0.29) is 5.91 Å². The van der Waals surface area contributed by atoms with Gasteiger partial charge in [0, 0.05) is 13.1 Å². The fourth-order valence-electron chi connectivity index (χ4n) is 1.49. The average Bonchev–Trinajstić information content (AvgIpc) is 2.66. The molecular formula is C12H13N3O. The van der Waals surface area contributed by atoms with E-state index in [1.165, 1.54) is 12.5 Å². The fourth-order valence-corrected chi connectivity index (χ4v) is 1.49. The first-order valence-corrected chi connectivity index (χ1v) is 5.08. The number of aromatic nitrogens is 2. The van der Waals surface area contributed by atoms with Crippen molar-refractivity contribution in [1.29, 1.82) is 0 Å². The van der Waals surface area contributed by atoms with Crippen LogP contribution in [0.15, 0.2) is 42.7 Å². The van der Waals surface area contributed by atoms with Crippen LogP contribution in [0.5, 0.6) is 0 Å². The minimum atomic E-state index is -0.0840. The van der Waals surface area contributed by atoms with Gasteiger partial charge in [-0.15, -0.1) is 0 Å². The zero-order valence-corrected chi connectivity index (χ0v) is 9.05. The second-order valence-corrected chi connectivity index (χ2v) is 3.59. The summed E-state index contributed by atoms with van der Waals surface area (Å²) in [6.07, 6.45) is 3.46. The van der Waals surface area contributed by atoms with Gasteiger partial charge in [-0.1, -0.05) is 30.3 Å². The number of hydrogen-bond acceptors (Lipinski definition) is 2. The number of rotatable bonds is 3.